The molecule has 0 radical (unpaired) electrons. The fourth-order valence-corrected chi connectivity index (χ4v) is 3.81. The molecule has 1 amide bonds. The van der Waals surface area contributed by atoms with Gasteiger partial charge in [0.15, 0.2) is 0 Å². The summed E-state index contributed by atoms with van der Waals surface area (Å²) in [5, 5.41) is 12.1. The number of nitrogens with one attached hydrogen (secondary N) is 1. The number of carbonyl (C=O) groups is 1. The number of anilines is 2. The summed E-state index contributed by atoms with van der Waals surface area (Å²) in [6.07, 6.45) is 4.75. The Morgan fingerprint density at radius 3 is 2.65 bits per heavy atom. The fraction of sp³-hybridized carbons (Fsp3) is 0.261. The Kier molecular flexibility index (Phi) is 6.90. The summed E-state index contributed by atoms with van der Waals surface area (Å²) in [6.45, 7) is 1.30. The number of carbonyl (C=O) groups excluding carboxylic acids is 1. The highest BCUT2D eigenvalue weighted by Gasteiger charge is 2.28. The zero-order valence-electron chi connectivity index (χ0n) is 17.7. The summed E-state index contributed by atoms with van der Waals surface area (Å²) < 4.78 is 43.6. The molecule has 1 unspecified atom stereocenters. The van der Waals surface area contributed by atoms with Crippen LogP contribution in [0.1, 0.15) is 16.8 Å². The number of benzene rings is 1. The van der Waals surface area contributed by atoms with Gasteiger partial charge in [0.25, 0.3) is 5.91 Å². The second kappa shape index (κ2) is 9.86. The number of aliphatic hydroxyl groups is 1. The quantitative estimate of drug-likeness (QED) is 0.471. The molecule has 1 aliphatic heterocycles. The number of alkyl halides is 3. The first-order valence-electron chi connectivity index (χ1n) is 10.4. The monoisotopic (exact) mass is 492 g/mol. The van der Waals surface area contributed by atoms with Gasteiger partial charge in [-0.05, 0) is 42.8 Å². The third-order valence-corrected chi connectivity index (χ3v) is 5.41. The minimum atomic E-state index is -3.84. The highest BCUT2D eigenvalue weighted by Crippen LogP contribution is 2.33. The summed E-state index contributed by atoms with van der Waals surface area (Å²) in [5.74, 6) is -0.539. The average molecular weight is 493 g/mol. The van der Waals surface area contributed by atoms with Crippen molar-refractivity contribution in [1.82, 2.24) is 9.97 Å². The fourth-order valence-electron chi connectivity index (χ4n) is 3.72. The first-order chi connectivity index (χ1) is 16.2. The van der Waals surface area contributed by atoms with Crippen LogP contribution in [0.5, 0.6) is 5.75 Å². The van der Waals surface area contributed by atoms with E-state index in [-0.39, 0.29) is 23.8 Å². The molecule has 0 aliphatic carbocycles. The molecule has 1 aromatic carbocycles. The minimum Gasteiger partial charge on any atom is -0.420 e. The van der Waals surface area contributed by atoms with E-state index in [1.165, 1.54) is 42.7 Å². The smallest absolute Gasteiger partial charge is 0.420 e. The molecule has 3 heterocycles. The lowest BCUT2D eigenvalue weighted by atomic mass is 10.1. The molecule has 178 valence electrons. The summed E-state index contributed by atoms with van der Waals surface area (Å²) in [7, 11) is 0. The van der Waals surface area contributed by atoms with Crippen molar-refractivity contribution in [3.8, 4) is 16.9 Å². The van der Waals surface area contributed by atoms with Crippen molar-refractivity contribution in [2.75, 3.05) is 29.9 Å². The van der Waals surface area contributed by atoms with E-state index in [2.05, 4.69) is 20.0 Å². The molecule has 1 aliphatic rings. The Morgan fingerprint density at radius 1 is 1.24 bits per heavy atom. The second-order valence-electron chi connectivity index (χ2n) is 7.80. The molecule has 1 fully saturated rings. The minimum absolute atomic E-state index is 0.0558. The summed E-state index contributed by atoms with van der Waals surface area (Å²) in [4.78, 5) is 23.2. The second-order valence-corrected chi connectivity index (χ2v) is 8.24. The van der Waals surface area contributed by atoms with Gasteiger partial charge in [-0.2, -0.15) is 0 Å². The molecule has 0 bridgehead atoms. The molecule has 2 N–H and O–H groups in total. The summed E-state index contributed by atoms with van der Waals surface area (Å²) in [6, 6.07) is 8.14. The number of aromatic nitrogens is 2. The van der Waals surface area contributed by atoms with Crippen LogP contribution in [0, 0.1) is 11.7 Å². The molecule has 0 saturated carbocycles. The number of ether oxygens (including phenoxy) is 1. The van der Waals surface area contributed by atoms with Gasteiger partial charge in [0.05, 0.1) is 11.8 Å². The van der Waals surface area contributed by atoms with E-state index in [1.54, 1.807) is 6.07 Å². The zero-order chi connectivity index (χ0) is 24.3. The normalized spacial score (nSPS) is 15.9. The van der Waals surface area contributed by atoms with Gasteiger partial charge in [0, 0.05) is 66.4 Å². The molecule has 0 spiro atoms. The number of hydrogen-bond acceptors (Lipinski definition) is 6. The molecular weight excluding hydrogens is 473 g/mol. The third kappa shape index (κ3) is 5.75. The number of amides is 1. The van der Waals surface area contributed by atoms with Gasteiger partial charge in [0.1, 0.15) is 17.4 Å². The molecule has 34 heavy (non-hydrogen) atoms. The first kappa shape index (κ1) is 23.8. The van der Waals surface area contributed by atoms with Crippen molar-refractivity contribution in [2.24, 2.45) is 5.92 Å². The van der Waals surface area contributed by atoms with Gasteiger partial charge >= 0.3 is 5.57 Å². The number of rotatable bonds is 7. The van der Waals surface area contributed by atoms with Crippen LogP contribution >= 0.6 is 11.6 Å². The molecule has 1 saturated heterocycles. The van der Waals surface area contributed by atoms with E-state index in [0.717, 1.165) is 12.6 Å². The number of aliphatic hydroxyl groups excluding tert-OH is 1. The van der Waals surface area contributed by atoms with E-state index >= 15 is 0 Å². The van der Waals surface area contributed by atoms with Crippen molar-refractivity contribution in [3.05, 3.63) is 66.4 Å². The van der Waals surface area contributed by atoms with E-state index in [0.29, 0.717) is 35.7 Å². The Bertz CT molecular complexity index is 1170. The van der Waals surface area contributed by atoms with Gasteiger partial charge in [0.2, 0.25) is 0 Å². The van der Waals surface area contributed by atoms with Crippen molar-refractivity contribution < 1.29 is 27.8 Å². The van der Waals surface area contributed by atoms with Crippen molar-refractivity contribution in [1.29, 1.82) is 0 Å². The van der Waals surface area contributed by atoms with Crippen molar-refractivity contribution in [3.63, 3.8) is 0 Å². The Hall–Kier alpha value is -3.37. The predicted octanol–water partition coefficient (Wildman–Crippen LogP) is 4.52. The van der Waals surface area contributed by atoms with Gasteiger partial charge in [-0.1, -0.05) is 0 Å². The SMILES string of the molecule is O=C(Nc1ccc(OC(F)(F)Cl)cc1)c1cnc(N2CCC(CO)C2)c(-c2cncc(F)c2)c1. The van der Waals surface area contributed by atoms with Crippen LogP contribution in [-0.2, 0) is 0 Å². The summed E-state index contributed by atoms with van der Waals surface area (Å²) >= 11 is 4.75. The molecule has 2 aromatic heterocycles. The molecule has 11 heteroatoms. The number of halogens is 4. The van der Waals surface area contributed by atoms with E-state index in [4.69, 9.17) is 11.6 Å². The van der Waals surface area contributed by atoms with E-state index < -0.39 is 17.3 Å². The van der Waals surface area contributed by atoms with Gasteiger partial charge in [-0.3, -0.25) is 9.78 Å². The van der Waals surface area contributed by atoms with Crippen LogP contribution < -0.4 is 15.0 Å². The van der Waals surface area contributed by atoms with Gasteiger partial charge in [-0.15, -0.1) is 8.78 Å². The molecule has 3 aromatic rings. The number of pyridine rings is 2. The molecule has 4 rings (SSSR count). The molecule has 7 nitrogen and oxygen atoms in total. The van der Waals surface area contributed by atoms with Crippen LogP contribution in [-0.4, -0.2) is 46.2 Å². The largest absolute Gasteiger partial charge is 0.487 e. The maximum absolute atomic E-state index is 13.9. The maximum Gasteiger partial charge on any atom is 0.487 e. The topological polar surface area (TPSA) is 87.6 Å². The Balaban J connectivity index is 1.59. The van der Waals surface area contributed by atoms with Crippen LogP contribution in [0.3, 0.4) is 0 Å². The molecular formula is C23H20ClF3N4O3. The lowest BCUT2D eigenvalue weighted by Gasteiger charge is -2.21. The number of hydrogen-bond donors (Lipinski definition) is 2. The van der Waals surface area contributed by atoms with Crippen LogP contribution in [0.4, 0.5) is 24.7 Å². The number of nitrogens with zero attached hydrogens (tertiary/aromatic N) is 3. The maximum atomic E-state index is 13.9. The highest BCUT2D eigenvalue weighted by atomic mass is 35.5. The first-order valence-corrected chi connectivity index (χ1v) is 10.7. The van der Waals surface area contributed by atoms with Gasteiger partial charge in [-0.25, -0.2) is 9.37 Å². The van der Waals surface area contributed by atoms with Crippen LogP contribution in [0.2, 0.25) is 0 Å². The molecule has 1 atom stereocenters. The van der Waals surface area contributed by atoms with Crippen LogP contribution in [0.15, 0.2) is 55.0 Å². The lowest BCUT2D eigenvalue weighted by Crippen LogP contribution is -2.23. The Morgan fingerprint density at radius 2 is 2.00 bits per heavy atom. The standard InChI is InChI=1S/C23H20ClF3N4O3/c24-23(26,27)34-19-3-1-18(2-4-19)30-22(33)16-8-20(15-7-17(25)11-28-9-15)21(29-10-16)31-6-5-14(12-31)13-32/h1-4,7-11,14,32H,5-6,12-13H2,(H,30,33). The van der Waals surface area contributed by atoms with E-state index in [1.807, 2.05) is 4.90 Å². The third-order valence-electron chi connectivity index (χ3n) is 5.33. The zero-order valence-corrected chi connectivity index (χ0v) is 18.5. The highest BCUT2D eigenvalue weighted by molar-refractivity contribution is 6.20. The van der Waals surface area contributed by atoms with Gasteiger partial charge < -0.3 is 20.1 Å². The van der Waals surface area contributed by atoms with Crippen molar-refractivity contribution >= 4 is 29.0 Å². The van der Waals surface area contributed by atoms with Crippen LogP contribution in [0.25, 0.3) is 11.1 Å². The van der Waals surface area contributed by atoms with E-state index in [9.17, 15) is 23.1 Å². The predicted molar refractivity (Wildman–Crippen MR) is 121 cm³/mol. The summed E-state index contributed by atoms with van der Waals surface area (Å²) in [5.41, 5.74) is -2.33. The average Bonchev–Trinajstić information content (AvgIpc) is 3.28. The van der Waals surface area contributed by atoms with Crippen molar-refractivity contribution in [2.45, 2.75) is 12.0 Å². The Labute approximate surface area is 198 Å². The lowest BCUT2D eigenvalue weighted by molar-refractivity contribution is -0.0964.